The molecule has 3 heterocycles. The first kappa shape index (κ1) is 23.3. The van der Waals surface area contributed by atoms with Crippen molar-refractivity contribution >= 4 is 16.0 Å². The molecular formula is C20H28FN5O4S. The summed E-state index contributed by atoms with van der Waals surface area (Å²) in [5.41, 5.74) is 0.417. The molecule has 0 amide bonds. The lowest BCUT2D eigenvalue weighted by Crippen LogP contribution is -2.43. The number of sulfonamides is 1. The van der Waals surface area contributed by atoms with E-state index in [-0.39, 0.29) is 41.6 Å². The van der Waals surface area contributed by atoms with Gasteiger partial charge in [0.05, 0.1) is 18.6 Å². The van der Waals surface area contributed by atoms with Crippen molar-refractivity contribution in [3.8, 4) is 11.3 Å². The minimum Gasteiger partial charge on any atom is -0.384 e. The quantitative estimate of drug-likeness (QED) is 0.650. The van der Waals surface area contributed by atoms with E-state index in [1.165, 1.54) is 22.0 Å². The second-order valence-corrected chi connectivity index (χ2v) is 9.86. The fraction of sp³-hybridized carbons (Fsp3) is 0.550. The number of ether oxygens (including phenoxy) is 1. The second-order valence-electron chi connectivity index (χ2n) is 7.77. The SMILES string of the molecule is COCCS(=O)(=O)N1CCC(Nc2ncc(F)c(-c3ccc(=O)n(C(C)C)c3)n2)CC1. The van der Waals surface area contributed by atoms with E-state index < -0.39 is 15.8 Å². The van der Waals surface area contributed by atoms with Crippen LogP contribution < -0.4 is 10.9 Å². The molecule has 1 aliphatic heterocycles. The highest BCUT2D eigenvalue weighted by Crippen LogP contribution is 2.23. The van der Waals surface area contributed by atoms with Gasteiger partial charge in [-0.2, -0.15) is 0 Å². The van der Waals surface area contributed by atoms with E-state index in [9.17, 15) is 17.6 Å². The first-order chi connectivity index (χ1) is 14.7. The normalized spacial score (nSPS) is 16.0. The average Bonchev–Trinajstić information content (AvgIpc) is 2.74. The van der Waals surface area contributed by atoms with E-state index in [0.29, 0.717) is 31.5 Å². The molecule has 11 heteroatoms. The van der Waals surface area contributed by atoms with E-state index >= 15 is 0 Å². The number of rotatable bonds is 8. The van der Waals surface area contributed by atoms with Gasteiger partial charge in [-0.05, 0) is 32.8 Å². The van der Waals surface area contributed by atoms with E-state index in [1.807, 2.05) is 13.8 Å². The van der Waals surface area contributed by atoms with E-state index in [0.717, 1.165) is 6.20 Å². The molecule has 31 heavy (non-hydrogen) atoms. The minimum absolute atomic E-state index is 0.0307. The number of piperidine rings is 1. The summed E-state index contributed by atoms with van der Waals surface area (Å²) in [4.78, 5) is 20.3. The van der Waals surface area contributed by atoms with Crippen LogP contribution >= 0.6 is 0 Å². The second kappa shape index (κ2) is 9.84. The van der Waals surface area contributed by atoms with Crippen LogP contribution in [0.5, 0.6) is 0 Å². The number of hydrogen-bond donors (Lipinski definition) is 1. The number of pyridine rings is 1. The molecule has 0 atom stereocenters. The first-order valence-electron chi connectivity index (χ1n) is 10.2. The molecule has 1 aliphatic rings. The zero-order valence-corrected chi connectivity index (χ0v) is 18.7. The molecule has 1 saturated heterocycles. The molecule has 0 spiro atoms. The van der Waals surface area contributed by atoms with Crippen molar-refractivity contribution in [1.29, 1.82) is 0 Å². The largest absolute Gasteiger partial charge is 0.384 e. The van der Waals surface area contributed by atoms with Gasteiger partial charge >= 0.3 is 0 Å². The summed E-state index contributed by atoms with van der Waals surface area (Å²) in [6, 6.07) is 2.83. The summed E-state index contributed by atoms with van der Waals surface area (Å²) < 4.78 is 46.8. The number of nitrogens with zero attached hydrogens (tertiary/aromatic N) is 4. The number of hydrogen-bond acceptors (Lipinski definition) is 7. The van der Waals surface area contributed by atoms with Gasteiger partial charge in [-0.15, -0.1) is 0 Å². The Balaban J connectivity index is 1.71. The molecule has 0 saturated carbocycles. The van der Waals surface area contributed by atoms with Crippen LogP contribution in [-0.4, -0.2) is 65.9 Å². The molecule has 0 aliphatic carbocycles. The maximum atomic E-state index is 14.4. The third kappa shape index (κ3) is 5.66. The van der Waals surface area contributed by atoms with Gasteiger partial charge < -0.3 is 14.6 Å². The third-order valence-electron chi connectivity index (χ3n) is 5.24. The predicted octanol–water partition coefficient (Wildman–Crippen LogP) is 1.88. The number of nitrogens with one attached hydrogen (secondary N) is 1. The van der Waals surface area contributed by atoms with E-state index in [4.69, 9.17) is 4.74 Å². The Kier molecular flexibility index (Phi) is 7.39. The molecule has 0 unspecified atom stereocenters. The number of aromatic nitrogens is 3. The highest BCUT2D eigenvalue weighted by molar-refractivity contribution is 7.89. The van der Waals surface area contributed by atoms with Crippen LogP contribution in [0.15, 0.2) is 29.3 Å². The van der Waals surface area contributed by atoms with Crippen LogP contribution in [0.4, 0.5) is 10.3 Å². The Morgan fingerprint density at radius 1 is 1.29 bits per heavy atom. The lowest BCUT2D eigenvalue weighted by atomic mass is 10.1. The Morgan fingerprint density at radius 3 is 2.65 bits per heavy atom. The Hall–Kier alpha value is -2.37. The highest BCUT2D eigenvalue weighted by atomic mass is 32.2. The molecule has 2 aromatic rings. The molecule has 3 rings (SSSR count). The van der Waals surface area contributed by atoms with Crippen molar-refractivity contribution in [3.63, 3.8) is 0 Å². The van der Waals surface area contributed by atoms with Crippen LogP contribution in [0.2, 0.25) is 0 Å². The lowest BCUT2D eigenvalue weighted by molar-refractivity contribution is 0.214. The first-order valence-corrected chi connectivity index (χ1v) is 11.8. The van der Waals surface area contributed by atoms with Crippen molar-refractivity contribution in [1.82, 2.24) is 18.8 Å². The van der Waals surface area contributed by atoms with Crippen LogP contribution in [0.3, 0.4) is 0 Å². The van der Waals surface area contributed by atoms with Crippen LogP contribution in [0, 0.1) is 5.82 Å². The van der Waals surface area contributed by atoms with Crippen molar-refractivity contribution in [2.45, 2.75) is 38.8 Å². The topological polar surface area (TPSA) is 106 Å². The van der Waals surface area contributed by atoms with Gasteiger partial charge in [-0.1, -0.05) is 0 Å². The molecule has 1 N–H and O–H groups in total. The molecule has 1 fully saturated rings. The predicted molar refractivity (Wildman–Crippen MR) is 116 cm³/mol. The van der Waals surface area contributed by atoms with Crippen LogP contribution in [0.25, 0.3) is 11.3 Å². The van der Waals surface area contributed by atoms with Crippen LogP contribution in [0.1, 0.15) is 32.7 Å². The molecule has 2 aromatic heterocycles. The Bertz CT molecular complexity index is 1070. The summed E-state index contributed by atoms with van der Waals surface area (Å²) in [5, 5.41) is 3.18. The minimum atomic E-state index is -3.33. The van der Waals surface area contributed by atoms with E-state index in [2.05, 4.69) is 15.3 Å². The highest BCUT2D eigenvalue weighted by Gasteiger charge is 2.28. The Morgan fingerprint density at radius 2 is 2.00 bits per heavy atom. The van der Waals surface area contributed by atoms with Gasteiger partial charge in [0.2, 0.25) is 16.0 Å². The van der Waals surface area contributed by atoms with E-state index in [1.54, 1.807) is 12.3 Å². The summed E-state index contributed by atoms with van der Waals surface area (Å²) in [6.45, 7) is 4.68. The summed E-state index contributed by atoms with van der Waals surface area (Å²) in [5.74, 6) is -0.358. The molecule has 170 valence electrons. The van der Waals surface area contributed by atoms with Gasteiger partial charge in [0.1, 0.15) is 5.69 Å². The van der Waals surface area contributed by atoms with Crippen molar-refractivity contribution in [2.24, 2.45) is 0 Å². The summed E-state index contributed by atoms with van der Waals surface area (Å²) >= 11 is 0. The fourth-order valence-corrected chi connectivity index (χ4v) is 4.87. The van der Waals surface area contributed by atoms with Crippen LogP contribution in [-0.2, 0) is 14.8 Å². The van der Waals surface area contributed by atoms with Gasteiger partial charge in [-0.3, -0.25) is 4.79 Å². The standard InChI is InChI=1S/C20H28FN5O4S/c1-14(2)26-13-15(4-5-18(26)27)19-17(21)12-22-20(24-19)23-16-6-8-25(9-7-16)31(28,29)11-10-30-3/h4-5,12-14,16H,6-11H2,1-3H3,(H,22,23,24). The summed E-state index contributed by atoms with van der Waals surface area (Å²) in [7, 11) is -1.86. The third-order valence-corrected chi connectivity index (χ3v) is 7.07. The van der Waals surface area contributed by atoms with Gasteiger partial charge in [0.25, 0.3) is 5.56 Å². The number of anilines is 1. The zero-order valence-electron chi connectivity index (χ0n) is 17.9. The number of methoxy groups -OCH3 is 1. The van der Waals surface area contributed by atoms with Crippen molar-refractivity contribution in [2.75, 3.05) is 37.9 Å². The molecule has 9 nitrogen and oxygen atoms in total. The van der Waals surface area contributed by atoms with Gasteiger partial charge in [0, 0.05) is 50.1 Å². The zero-order chi connectivity index (χ0) is 22.6. The molecule has 0 radical (unpaired) electrons. The fourth-order valence-electron chi connectivity index (χ4n) is 3.46. The monoisotopic (exact) mass is 453 g/mol. The average molecular weight is 454 g/mol. The maximum absolute atomic E-state index is 14.4. The van der Waals surface area contributed by atoms with Gasteiger partial charge in [-0.25, -0.2) is 27.1 Å². The van der Waals surface area contributed by atoms with Crippen molar-refractivity contribution < 1.29 is 17.5 Å². The van der Waals surface area contributed by atoms with Gasteiger partial charge in [0.15, 0.2) is 5.82 Å². The number of halogens is 1. The van der Waals surface area contributed by atoms with Crippen molar-refractivity contribution in [3.05, 3.63) is 40.7 Å². The molecular weight excluding hydrogens is 425 g/mol. The maximum Gasteiger partial charge on any atom is 0.250 e. The molecule has 0 bridgehead atoms. The molecule has 0 aromatic carbocycles. The Labute approximate surface area is 181 Å². The smallest absolute Gasteiger partial charge is 0.250 e. The summed E-state index contributed by atoms with van der Waals surface area (Å²) in [6.07, 6.45) is 3.85. The lowest BCUT2D eigenvalue weighted by Gasteiger charge is -2.31.